The molecule has 5 heteroatoms. The minimum atomic E-state index is 0.0166. The third kappa shape index (κ3) is 3.67. The number of rotatable bonds is 4. The Morgan fingerprint density at radius 1 is 1.44 bits per heavy atom. The first-order valence-corrected chi connectivity index (χ1v) is 7.04. The first kappa shape index (κ1) is 13.8. The number of likely N-dealkylation sites (tertiary alicyclic amines) is 1. The molecule has 2 atom stereocenters. The van der Waals surface area contributed by atoms with Crippen LogP contribution in [0.3, 0.4) is 0 Å². The number of hydrogen-bond acceptors (Lipinski definition) is 4. The molecule has 0 saturated carbocycles. The molecule has 2 heterocycles. The largest absolute Gasteiger partial charge is 0.396 e. The van der Waals surface area contributed by atoms with E-state index < -0.39 is 0 Å². The smallest absolute Gasteiger partial charge is 0.225 e. The van der Waals surface area contributed by atoms with E-state index in [1.807, 2.05) is 4.90 Å². The van der Waals surface area contributed by atoms with Crippen LogP contribution in [-0.2, 0) is 9.53 Å². The van der Waals surface area contributed by atoms with Crippen molar-refractivity contribution in [3.63, 3.8) is 0 Å². The van der Waals surface area contributed by atoms with Crippen LogP contribution < -0.4 is 5.32 Å². The Morgan fingerprint density at radius 3 is 3.06 bits per heavy atom. The van der Waals surface area contributed by atoms with Crippen LogP contribution >= 0.6 is 0 Å². The molecule has 2 fully saturated rings. The monoisotopic (exact) mass is 256 g/mol. The molecule has 2 saturated heterocycles. The Kier molecular flexibility index (Phi) is 5.41. The molecule has 5 nitrogen and oxygen atoms in total. The molecule has 0 aromatic heterocycles. The summed E-state index contributed by atoms with van der Waals surface area (Å²) in [4.78, 5) is 14.2. The third-order valence-electron chi connectivity index (χ3n) is 3.82. The summed E-state index contributed by atoms with van der Waals surface area (Å²) in [5, 5.41) is 12.3. The van der Waals surface area contributed by atoms with E-state index in [1.54, 1.807) is 0 Å². The second-order valence-corrected chi connectivity index (χ2v) is 5.15. The maximum absolute atomic E-state index is 12.3. The van der Waals surface area contributed by atoms with Crippen molar-refractivity contribution in [1.29, 1.82) is 0 Å². The molecule has 104 valence electrons. The number of hydrogen-bond donors (Lipinski definition) is 2. The molecule has 0 aromatic carbocycles. The fourth-order valence-corrected chi connectivity index (χ4v) is 2.84. The molecule has 0 spiro atoms. The molecular formula is C13H24N2O3. The van der Waals surface area contributed by atoms with Crippen molar-refractivity contribution in [2.75, 3.05) is 32.8 Å². The van der Waals surface area contributed by atoms with Crippen LogP contribution in [0.15, 0.2) is 0 Å². The Morgan fingerprint density at radius 2 is 2.33 bits per heavy atom. The lowest BCUT2D eigenvalue weighted by Gasteiger charge is -2.36. The quantitative estimate of drug-likeness (QED) is 0.750. The minimum Gasteiger partial charge on any atom is -0.396 e. The number of morpholine rings is 1. The molecule has 2 N–H and O–H groups in total. The van der Waals surface area contributed by atoms with E-state index in [-0.39, 0.29) is 24.7 Å². The number of piperidine rings is 1. The maximum Gasteiger partial charge on any atom is 0.225 e. The Bertz CT molecular complexity index is 265. The lowest BCUT2D eigenvalue weighted by molar-refractivity contribution is -0.138. The van der Waals surface area contributed by atoms with Gasteiger partial charge in [-0.2, -0.15) is 0 Å². The van der Waals surface area contributed by atoms with Gasteiger partial charge >= 0.3 is 0 Å². The SMILES string of the molecule is O=C(CC1CNCCO1)N1CCCCC1CCO. The van der Waals surface area contributed by atoms with Crippen molar-refractivity contribution in [1.82, 2.24) is 10.2 Å². The van der Waals surface area contributed by atoms with Gasteiger partial charge in [0, 0.05) is 32.3 Å². The molecule has 2 aliphatic rings. The highest BCUT2D eigenvalue weighted by atomic mass is 16.5. The van der Waals surface area contributed by atoms with Gasteiger partial charge in [-0.3, -0.25) is 4.79 Å². The number of aliphatic hydroxyl groups is 1. The van der Waals surface area contributed by atoms with Gasteiger partial charge in [0.05, 0.1) is 19.1 Å². The number of nitrogens with zero attached hydrogens (tertiary/aromatic N) is 1. The summed E-state index contributed by atoms with van der Waals surface area (Å²) in [5.41, 5.74) is 0. The predicted octanol–water partition coefficient (Wildman–Crippen LogP) is 0.128. The van der Waals surface area contributed by atoms with Crippen LogP contribution in [0.25, 0.3) is 0 Å². The lowest BCUT2D eigenvalue weighted by atomic mass is 9.98. The molecule has 0 aliphatic carbocycles. The van der Waals surface area contributed by atoms with Crippen molar-refractivity contribution in [3.8, 4) is 0 Å². The molecule has 2 aliphatic heterocycles. The number of carbonyl (C=O) groups is 1. The highest BCUT2D eigenvalue weighted by molar-refractivity contribution is 5.77. The number of amides is 1. The molecule has 0 radical (unpaired) electrons. The van der Waals surface area contributed by atoms with E-state index in [0.717, 1.165) is 38.9 Å². The number of carbonyl (C=O) groups excluding carboxylic acids is 1. The second kappa shape index (κ2) is 7.07. The van der Waals surface area contributed by atoms with Gasteiger partial charge < -0.3 is 20.1 Å². The van der Waals surface area contributed by atoms with Crippen LogP contribution in [0, 0.1) is 0 Å². The van der Waals surface area contributed by atoms with Gasteiger partial charge in [0.15, 0.2) is 0 Å². The van der Waals surface area contributed by atoms with E-state index in [0.29, 0.717) is 19.4 Å². The number of nitrogens with one attached hydrogen (secondary N) is 1. The summed E-state index contributed by atoms with van der Waals surface area (Å²) >= 11 is 0. The molecule has 1 amide bonds. The normalized spacial score (nSPS) is 29.3. The van der Waals surface area contributed by atoms with Gasteiger partial charge in [0.1, 0.15) is 0 Å². The van der Waals surface area contributed by atoms with Crippen LogP contribution in [0.5, 0.6) is 0 Å². The topological polar surface area (TPSA) is 61.8 Å². The summed E-state index contributed by atoms with van der Waals surface area (Å²) < 4.78 is 5.58. The fourth-order valence-electron chi connectivity index (χ4n) is 2.84. The van der Waals surface area contributed by atoms with Crippen molar-refractivity contribution in [2.24, 2.45) is 0 Å². The maximum atomic E-state index is 12.3. The Labute approximate surface area is 108 Å². The number of aliphatic hydroxyl groups excluding tert-OH is 1. The predicted molar refractivity (Wildman–Crippen MR) is 68.3 cm³/mol. The molecule has 18 heavy (non-hydrogen) atoms. The molecule has 2 unspecified atom stereocenters. The van der Waals surface area contributed by atoms with Crippen molar-refractivity contribution < 1.29 is 14.6 Å². The van der Waals surface area contributed by atoms with Crippen molar-refractivity contribution in [3.05, 3.63) is 0 Å². The zero-order chi connectivity index (χ0) is 12.8. The fraction of sp³-hybridized carbons (Fsp3) is 0.923. The van der Waals surface area contributed by atoms with E-state index in [2.05, 4.69) is 5.32 Å². The average molecular weight is 256 g/mol. The van der Waals surface area contributed by atoms with Crippen molar-refractivity contribution in [2.45, 2.75) is 44.2 Å². The van der Waals surface area contributed by atoms with E-state index in [9.17, 15) is 4.79 Å². The molecule has 2 rings (SSSR count). The van der Waals surface area contributed by atoms with Crippen molar-refractivity contribution >= 4 is 5.91 Å². The minimum absolute atomic E-state index is 0.0166. The second-order valence-electron chi connectivity index (χ2n) is 5.15. The molecular weight excluding hydrogens is 232 g/mol. The first-order valence-electron chi connectivity index (χ1n) is 7.04. The summed E-state index contributed by atoms with van der Waals surface area (Å²) in [5.74, 6) is 0.182. The lowest BCUT2D eigenvalue weighted by Crippen LogP contribution is -2.47. The summed E-state index contributed by atoms with van der Waals surface area (Å²) in [6.45, 7) is 3.34. The van der Waals surface area contributed by atoms with Crippen LogP contribution in [0.2, 0.25) is 0 Å². The zero-order valence-corrected chi connectivity index (χ0v) is 10.9. The van der Waals surface area contributed by atoms with Gasteiger partial charge in [0.2, 0.25) is 5.91 Å². The Balaban J connectivity index is 1.84. The Hall–Kier alpha value is -0.650. The van der Waals surface area contributed by atoms with Gasteiger partial charge in [-0.1, -0.05) is 0 Å². The third-order valence-corrected chi connectivity index (χ3v) is 3.82. The first-order chi connectivity index (χ1) is 8.81. The van der Waals surface area contributed by atoms with Gasteiger partial charge in [-0.05, 0) is 25.7 Å². The highest BCUT2D eigenvalue weighted by Gasteiger charge is 2.28. The van der Waals surface area contributed by atoms with E-state index in [1.165, 1.54) is 0 Å². The van der Waals surface area contributed by atoms with Crippen LogP contribution in [-0.4, -0.2) is 60.9 Å². The van der Waals surface area contributed by atoms with E-state index in [4.69, 9.17) is 9.84 Å². The summed E-state index contributed by atoms with van der Waals surface area (Å²) in [6, 6.07) is 0.229. The molecule has 0 aromatic rings. The summed E-state index contributed by atoms with van der Waals surface area (Å²) in [6.07, 6.45) is 4.46. The van der Waals surface area contributed by atoms with Crippen LogP contribution in [0.1, 0.15) is 32.1 Å². The van der Waals surface area contributed by atoms with Gasteiger partial charge in [-0.25, -0.2) is 0 Å². The van der Waals surface area contributed by atoms with E-state index >= 15 is 0 Å². The summed E-state index contributed by atoms with van der Waals surface area (Å²) in [7, 11) is 0. The highest BCUT2D eigenvalue weighted by Crippen LogP contribution is 2.21. The zero-order valence-electron chi connectivity index (χ0n) is 10.9. The van der Waals surface area contributed by atoms with Gasteiger partial charge in [-0.15, -0.1) is 0 Å². The number of ether oxygens (including phenoxy) is 1. The van der Waals surface area contributed by atoms with Crippen LogP contribution in [0.4, 0.5) is 0 Å². The average Bonchev–Trinajstić information content (AvgIpc) is 2.41. The van der Waals surface area contributed by atoms with Gasteiger partial charge in [0.25, 0.3) is 0 Å². The molecule has 0 bridgehead atoms. The standard InChI is InChI=1S/C13H24N2O3/c16-7-4-11-3-1-2-6-15(11)13(17)9-12-10-14-5-8-18-12/h11-12,14,16H,1-10H2.